The van der Waals surface area contributed by atoms with Crippen LogP contribution in [0.2, 0.25) is 0 Å². The van der Waals surface area contributed by atoms with Crippen molar-refractivity contribution in [3.8, 4) is 0 Å². The predicted molar refractivity (Wildman–Crippen MR) is 171 cm³/mol. The maximum atomic E-state index is 12.5. The van der Waals surface area contributed by atoms with Gasteiger partial charge in [-0.2, -0.15) is 0 Å². The quantitative estimate of drug-likeness (QED) is 0.0389. The van der Waals surface area contributed by atoms with E-state index in [1.165, 1.54) is 0 Å². The molecule has 266 valence electrons. The monoisotopic (exact) mass is 648 g/mol. The van der Waals surface area contributed by atoms with E-state index in [1.807, 2.05) is 0 Å². The van der Waals surface area contributed by atoms with Gasteiger partial charge < -0.3 is 39.7 Å². The molecule has 0 aliphatic carbocycles. The van der Waals surface area contributed by atoms with Crippen LogP contribution in [0.15, 0.2) is 0 Å². The van der Waals surface area contributed by atoms with E-state index in [4.69, 9.17) is 24.4 Å². The lowest BCUT2D eigenvalue weighted by atomic mass is 10.1. The molecule has 0 amide bonds. The second-order valence-electron chi connectivity index (χ2n) is 12.3. The van der Waals surface area contributed by atoms with Gasteiger partial charge in [0.2, 0.25) is 0 Å². The summed E-state index contributed by atoms with van der Waals surface area (Å²) in [5.74, 6) is -1.23. The molecule has 11 heteroatoms. The summed E-state index contributed by atoms with van der Waals surface area (Å²) < 4.78 is 16.2. The molecule has 11 nitrogen and oxygen atoms in total. The highest BCUT2D eigenvalue weighted by molar-refractivity contribution is 5.71. The van der Waals surface area contributed by atoms with Crippen LogP contribution >= 0.6 is 0 Å². The molecule has 0 radical (unpaired) electrons. The minimum Gasteiger partial charge on any atom is -0.462 e. The van der Waals surface area contributed by atoms with Gasteiger partial charge in [0, 0.05) is 19.3 Å². The highest BCUT2D eigenvalue weighted by atomic mass is 16.6. The smallest absolute Gasteiger partial charge is 0.306 e. The molecule has 4 unspecified atom stereocenters. The number of rotatable bonds is 32. The number of esters is 3. The summed E-state index contributed by atoms with van der Waals surface area (Å²) in [7, 11) is 0. The molecular weight excluding hydrogens is 584 g/mol. The van der Waals surface area contributed by atoms with Crippen LogP contribution in [0.5, 0.6) is 0 Å². The van der Waals surface area contributed by atoms with Crippen LogP contribution in [0, 0.1) is 0 Å². The van der Waals surface area contributed by atoms with Crippen LogP contribution in [0.25, 0.3) is 0 Å². The van der Waals surface area contributed by atoms with Crippen molar-refractivity contribution in [2.75, 3.05) is 26.4 Å². The molecule has 5 N–H and O–H groups in total. The SMILES string of the molecule is CC(O)CCCCCCCCC(=O)OCC(COC(=O)CCCCCCCC(O)CO)OC(=O)CCCCCCCC(O)CO. The first kappa shape index (κ1) is 43.2. The fraction of sp³-hybridized carbons (Fsp3) is 0.912. The molecule has 0 fully saturated rings. The second kappa shape index (κ2) is 30.8. The maximum Gasteiger partial charge on any atom is 0.306 e. The van der Waals surface area contributed by atoms with Crippen molar-refractivity contribution in [2.24, 2.45) is 0 Å². The summed E-state index contributed by atoms with van der Waals surface area (Å²) in [4.78, 5) is 37.0. The van der Waals surface area contributed by atoms with E-state index in [9.17, 15) is 29.7 Å². The number of hydrogen-bond acceptors (Lipinski definition) is 11. The van der Waals surface area contributed by atoms with Crippen molar-refractivity contribution in [1.82, 2.24) is 0 Å². The number of aliphatic hydroxyl groups is 5. The molecule has 0 saturated heterocycles. The third-order valence-electron chi connectivity index (χ3n) is 7.67. The second-order valence-corrected chi connectivity index (χ2v) is 12.3. The fourth-order valence-corrected chi connectivity index (χ4v) is 4.84. The number of carbonyl (C=O) groups excluding carboxylic acids is 3. The number of hydrogen-bond donors (Lipinski definition) is 5. The number of ether oxygens (including phenoxy) is 3. The number of carbonyl (C=O) groups is 3. The van der Waals surface area contributed by atoms with Crippen molar-refractivity contribution in [3.05, 3.63) is 0 Å². The molecule has 45 heavy (non-hydrogen) atoms. The summed E-state index contributed by atoms with van der Waals surface area (Å²) in [6.45, 7) is 0.970. The average Bonchev–Trinajstić information content (AvgIpc) is 3.01. The Bertz CT molecular complexity index is 716. The van der Waals surface area contributed by atoms with Gasteiger partial charge in [-0.15, -0.1) is 0 Å². The van der Waals surface area contributed by atoms with Crippen LogP contribution in [0.4, 0.5) is 0 Å². The Hall–Kier alpha value is -1.79. The molecule has 0 saturated carbocycles. The number of aliphatic hydroxyl groups excluding tert-OH is 5. The minimum absolute atomic E-state index is 0.177. The van der Waals surface area contributed by atoms with Gasteiger partial charge in [0.25, 0.3) is 0 Å². The van der Waals surface area contributed by atoms with Crippen molar-refractivity contribution in [2.45, 2.75) is 173 Å². The first-order chi connectivity index (χ1) is 21.7. The first-order valence-corrected chi connectivity index (χ1v) is 17.4. The lowest BCUT2D eigenvalue weighted by molar-refractivity contribution is -0.167. The van der Waals surface area contributed by atoms with Gasteiger partial charge in [0.05, 0.1) is 31.5 Å². The Kier molecular flexibility index (Phi) is 29.6. The van der Waals surface area contributed by atoms with Crippen LogP contribution in [0.3, 0.4) is 0 Å². The van der Waals surface area contributed by atoms with E-state index in [2.05, 4.69) is 0 Å². The zero-order valence-corrected chi connectivity index (χ0v) is 27.9. The molecule has 0 aromatic heterocycles. The van der Waals surface area contributed by atoms with E-state index in [0.717, 1.165) is 89.9 Å². The fourth-order valence-electron chi connectivity index (χ4n) is 4.84. The van der Waals surface area contributed by atoms with Crippen LogP contribution in [-0.4, -0.2) is 94.3 Å². The van der Waals surface area contributed by atoms with Crippen molar-refractivity contribution in [3.63, 3.8) is 0 Å². The summed E-state index contributed by atoms with van der Waals surface area (Å²) in [6, 6.07) is 0. The predicted octanol–water partition coefficient (Wildman–Crippen LogP) is 4.65. The average molecular weight is 649 g/mol. The van der Waals surface area contributed by atoms with Crippen molar-refractivity contribution in [1.29, 1.82) is 0 Å². The molecule has 0 aromatic rings. The zero-order valence-electron chi connectivity index (χ0n) is 27.9. The van der Waals surface area contributed by atoms with Crippen LogP contribution in [0.1, 0.15) is 148 Å². The molecular formula is C34H64O11. The lowest BCUT2D eigenvalue weighted by Crippen LogP contribution is -2.30. The Balaban J connectivity index is 4.41. The normalized spacial score (nSPS) is 14.0. The maximum absolute atomic E-state index is 12.5. The zero-order chi connectivity index (χ0) is 33.5. The first-order valence-electron chi connectivity index (χ1n) is 17.4. The molecule has 0 heterocycles. The summed E-state index contributed by atoms with van der Waals surface area (Å²) >= 11 is 0. The molecule has 0 bridgehead atoms. The largest absolute Gasteiger partial charge is 0.462 e. The van der Waals surface area contributed by atoms with E-state index in [0.29, 0.717) is 32.1 Å². The Labute approximate surface area is 271 Å². The minimum atomic E-state index is -0.878. The third-order valence-corrected chi connectivity index (χ3v) is 7.67. The van der Waals surface area contributed by atoms with Crippen molar-refractivity contribution >= 4 is 17.9 Å². The van der Waals surface area contributed by atoms with Gasteiger partial charge in [0.15, 0.2) is 6.10 Å². The highest BCUT2D eigenvalue weighted by Gasteiger charge is 2.19. The lowest BCUT2D eigenvalue weighted by Gasteiger charge is -2.18. The number of unbranched alkanes of at least 4 members (excludes halogenated alkanes) is 13. The van der Waals surface area contributed by atoms with E-state index >= 15 is 0 Å². The molecule has 0 aliphatic rings. The van der Waals surface area contributed by atoms with E-state index in [1.54, 1.807) is 6.92 Å². The summed E-state index contributed by atoms with van der Waals surface area (Å²) in [5, 5.41) is 45.8. The van der Waals surface area contributed by atoms with Gasteiger partial charge in [-0.3, -0.25) is 14.4 Å². The standard InChI is InChI=1S/C34H64O11/c1-28(37)18-12-6-2-3-9-15-21-32(40)43-26-31(45-34(42)23-17-11-5-8-14-20-30(39)25-36)27-44-33(41)22-16-10-4-7-13-19-29(38)24-35/h28-31,35-39H,2-27H2,1H3. The van der Waals surface area contributed by atoms with Crippen LogP contribution < -0.4 is 0 Å². The van der Waals surface area contributed by atoms with Gasteiger partial charge in [0.1, 0.15) is 13.2 Å². The molecule has 0 spiro atoms. The summed E-state index contributed by atoms with van der Waals surface area (Å²) in [6.07, 6.45) is 14.1. The summed E-state index contributed by atoms with van der Waals surface area (Å²) in [5.41, 5.74) is 0. The van der Waals surface area contributed by atoms with Crippen molar-refractivity contribution < 1.29 is 54.1 Å². The molecule has 0 aromatic carbocycles. The van der Waals surface area contributed by atoms with E-state index in [-0.39, 0.29) is 57.8 Å². The molecule has 4 atom stereocenters. The topological polar surface area (TPSA) is 180 Å². The Morgan fingerprint density at radius 1 is 0.489 bits per heavy atom. The van der Waals surface area contributed by atoms with E-state index < -0.39 is 30.3 Å². The molecule has 0 aliphatic heterocycles. The van der Waals surface area contributed by atoms with Crippen LogP contribution in [-0.2, 0) is 28.6 Å². The van der Waals surface area contributed by atoms with Gasteiger partial charge in [-0.05, 0) is 45.4 Å². The van der Waals surface area contributed by atoms with Gasteiger partial charge in [-0.1, -0.05) is 83.5 Å². The third kappa shape index (κ3) is 30.6. The Morgan fingerprint density at radius 3 is 1.20 bits per heavy atom. The van der Waals surface area contributed by atoms with Gasteiger partial charge >= 0.3 is 17.9 Å². The molecule has 0 rings (SSSR count). The Morgan fingerprint density at radius 2 is 0.822 bits per heavy atom. The highest BCUT2D eigenvalue weighted by Crippen LogP contribution is 2.13. The van der Waals surface area contributed by atoms with Gasteiger partial charge in [-0.25, -0.2) is 0 Å².